The normalized spacial score (nSPS) is 12.6. The van der Waals surface area contributed by atoms with Crippen molar-refractivity contribution in [3.63, 3.8) is 0 Å². The van der Waals surface area contributed by atoms with E-state index in [1.165, 1.54) is 5.56 Å². The first-order valence-electron chi connectivity index (χ1n) is 6.53. The molecule has 0 fully saturated rings. The highest BCUT2D eigenvalue weighted by molar-refractivity contribution is 5.15. The highest BCUT2D eigenvalue weighted by atomic mass is 15.1. The number of imidazole rings is 1. The number of hydrogen-bond donors (Lipinski definition) is 1. The lowest BCUT2D eigenvalue weighted by atomic mass is 10.0. The van der Waals surface area contributed by atoms with Crippen LogP contribution in [-0.2, 0) is 20.0 Å². The van der Waals surface area contributed by atoms with Gasteiger partial charge in [-0.3, -0.25) is 0 Å². The summed E-state index contributed by atoms with van der Waals surface area (Å²) in [6, 6.07) is 11.1. The van der Waals surface area contributed by atoms with Gasteiger partial charge in [-0.1, -0.05) is 37.3 Å². The molecular formula is C15H21N3. The quantitative estimate of drug-likeness (QED) is 0.845. The van der Waals surface area contributed by atoms with Crippen molar-refractivity contribution in [3.05, 3.63) is 54.1 Å². The topological polar surface area (TPSA) is 29.9 Å². The van der Waals surface area contributed by atoms with Crippen LogP contribution in [0.15, 0.2) is 42.7 Å². The van der Waals surface area contributed by atoms with Gasteiger partial charge in [0.05, 0.1) is 6.54 Å². The summed E-state index contributed by atoms with van der Waals surface area (Å²) in [4.78, 5) is 4.33. The van der Waals surface area contributed by atoms with E-state index in [0.717, 1.165) is 25.2 Å². The zero-order valence-corrected chi connectivity index (χ0v) is 11.1. The maximum absolute atomic E-state index is 4.33. The largest absolute Gasteiger partial charge is 0.337 e. The van der Waals surface area contributed by atoms with Crippen molar-refractivity contribution in [3.8, 4) is 0 Å². The monoisotopic (exact) mass is 243 g/mol. The second-order valence-corrected chi connectivity index (χ2v) is 4.63. The summed E-state index contributed by atoms with van der Waals surface area (Å²) in [6.45, 7) is 3.05. The van der Waals surface area contributed by atoms with Gasteiger partial charge in [0.15, 0.2) is 0 Å². The summed E-state index contributed by atoms with van der Waals surface area (Å²) >= 11 is 0. The van der Waals surface area contributed by atoms with Crippen LogP contribution in [0, 0.1) is 0 Å². The second kappa shape index (κ2) is 6.36. The van der Waals surface area contributed by atoms with Crippen molar-refractivity contribution in [2.75, 3.05) is 0 Å². The minimum Gasteiger partial charge on any atom is -0.337 e. The lowest BCUT2D eigenvalue weighted by molar-refractivity contribution is 0.481. The van der Waals surface area contributed by atoms with E-state index in [0.29, 0.717) is 6.04 Å². The van der Waals surface area contributed by atoms with E-state index in [1.54, 1.807) is 0 Å². The number of aryl methyl sites for hydroxylation is 1. The van der Waals surface area contributed by atoms with Gasteiger partial charge >= 0.3 is 0 Å². The van der Waals surface area contributed by atoms with E-state index in [4.69, 9.17) is 0 Å². The van der Waals surface area contributed by atoms with Gasteiger partial charge in [0.25, 0.3) is 0 Å². The molecule has 0 amide bonds. The van der Waals surface area contributed by atoms with Crippen molar-refractivity contribution in [2.24, 2.45) is 7.05 Å². The Labute approximate surface area is 109 Å². The molecular weight excluding hydrogens is 222 g/mol. The van der Waals surface area contributed by atoms with Crippen molar-refractivity contribution in [1.29, 1.82) is 0 Å². The molecule has 2 aromatic rings. The number of benzene rings is 1. The van der Waals surface area contributed by atoms with E-state index < -0.39 is 0 Å². The molecule has 1 N–H and O–H groups in total. The first-order chi connectivity index (χ1) is 8.79. The number of aromatic nitrogens is 2. The Balaban J connectivity index is 1.88. The van der Waals surface area contributed by atoms with Gasteiger partial charge in [-0.2, -0.15) is 0 Å². The zero-order chi connectivity index (χ0) is 12.8. The fraction of sp³-hybridized carbons (Fsp3) is 0.400. The first kappa shape index (κ1) is 12.8. The third-order valence-corrected chi connectivity index (χ3v) is 3.29. The highest BCUT2D eigenvalue weighted by Crippen LogP contribution is 2.06. The summed E-state index contributed by atoms with van der Waals surface area (Å²) in [6.07, 6.45) is 6.02. The maximum Gasteiger partial charge on any atom is 0.122 e. The molecule has 0 saturated heterocycles. The average molecular weight is 243 g/mol. The van der Waals surface area contributed by atoms with E-state index >= 15 is 0 Å². The molecule has 18 heavy (non-hydrogen) atoms. The Morgan fingerprint density at radius 2 is 2.06 bits per heavy atom. The summed E-state index contributed by atoms with van der Waals surface area (Å²) < 4.78 is 2.06. The molecule has 0 aliphatic heterocycles. The molecule has 2 rings (SSSR count). The molecule has 0 bridgehead atoms. The Bertz CT molecular complexity index is 462. The van der Waals surface area contributed by atoms with Crippen molar-refractivity contribution in [2.45, 2.75) is 32.4 Å². The SMILES string of the molecule is CCC(Cc1ccccc1)NCc1nccn1C. The van der Waals surface area contributed by atoms with Gasteiger partial charge in [-0.15, -0.1) is 0 Å². The Morgan fingerprint density at radius 3 is 2.67 bits per heavy atom. The first-order valence-corrected chi connectivity index (χ1v) is 6.53. The van der Waals surface area contributed by atoms with Crippen LogP contribution in [0.4, 0.5) is 0 Å². The Morgan fingerprint density at radius 1 is 1.28 bits per heavy atom. The molecule has 0 aliphatic rings. The van der Waals surface area contributed by atoms with Crippen molar-refractivity contribution >= 4 is 0 Å². The standard InChI is InChI=1S/C15H21N3/c1-3-14(11-13-7-5-4-6-8-13)17-12-15-16-9-10-18(15)2/h4-10,14,17H,3,11-12H2,1-2H3. The van der Waals surface area contributed by atoms with Crippen molar-refractivity contribution < 1.29 is 0 Å². The van der Waals surface area contributed by atoms with Gasteiger partial charge in [0.1, 0.15) is 5.82 Å². The minimum absolute atomic E-state index is 0.504. The van der Waals surface area contributed by atoms with Crippen LogP contribution in [0.3, 0.4) is 0 Å². The molecule has 96 valence electrons. The third-order valence-electron chi connectivity index (χ3n) is 3.29. The number of nitrogens with one attached hydrogen (secondary N) is 1. The Kier molecular flexibility index (Phi) is 4.53. The fourth-order valence-electron chi connectivity index (χ4n) is 2.06. The van der Waals surface area contributed by atoms with Crippen LogP contribution < -0.4 is 5.32 Å². The predicted molar refractivity (Wildman–Crippen MR) is 74.3 cm³/mol. The maximum atomic E-state index is 4.33. The third kappa shape index (κ3) is 3.44. The van der Waals surface area contributed by atoms with Crippen LogP contribution >= 0.6 is 0 Å². The second-order valence-electron chi connectivity index (χ2n) is 4.63. The summed E-state index contributed by atoms with van der Waals surface area (Å²) in [5, 5.41) is 3.58. The molecule has 3 nitrogen and oxygen atoms in total. The van der Waals surface area contributed by atoms with Gasteiger partial charge in [-0.25, -0.2) is 4.98 Å². The molecule has 1 aromatic carbocycles. The molecule has 1 unspecified atom stereocenters. The summed E-state index contributed by atoms with van der Waals surface area (Å²) in [5.41, 5.74) is 1.39. The fourth-order valence-corrected chi connectivity index (χ4v) is 2.06. The highest BCUT2D eigenvalue weighted by Gasteiger charge is 2.08. The van der Waals surface area contributed by atoms with Gasteiger partial charge in [0, 0.05) is 25.5 Å². The van der Waals surface area contributed by atoms with Crippen LogP contribution in [-0.4, -0.2) is 15.6 Å². The van der Waals surface area contributed by atoms with Gasteiger partial charge in [-0.05, 0) is 18.4 Å². The van der Waals surface area contributed by atoms with E-state index in [-0.39, 0.29) is 0 Å². The van der Waals surface area contributed by atoms with Gasteiger partial charge < -0.3 is 9.88 Å². The van der Waals surface area contributed by atoms with Crippen LogP contribution in [0.25, 0.3) is 0 Å². The van der Waals surface area contributed by atoms with Crippen LogP contribution in [0.5, 0.6) is 0 Å². The lowest BCUT2D eigenvalue weighted by Gasteiger charge is -2.16. The molecule has 1 aromatic heterocycles. The molecule has 1 atom stereocenters. The Hall–Kier alpha value is -1.61. The molecule has 1 heterocycles. The smallest absolute Gasteiger partial charge is 0.122 e. The molecule has 0 spiro atoms. The number of rotatable bonds is 6. The van der Waals surface area contributed by atoms with E-state index in [1.807, 2.05) is 19.4 Å². The minimum atomic E-state index is 0.504. The van der Waals surface area contributed by atoms with E-state index in [9.17, 15) is 0 Å². The number of hydrogen-bond acceptors (Lipinski definition) is 2. The van der Waals surface area contributed by atoms with Crippen LogP contribution in [0.2, 0.25) is 0 Å². The predicted octanol–water partition coefficient (Wildman–Crippen LogP) is 2.53. The van der Waals surface area contributed by atoms with E-state index in [2.05, 4.69) is 52.1 Å². The van der Waals surface area contributed by atoms with Gasteiger partial charge in [0.2, 0.25) is 0 Å². The zero-order valence-electron chi connectivity index (χ0n) is 11.1. The van der Waals surface area contributed by atoms with Crippen molar-refractivity contribution in [1.82, 2.24) is 14.9 Å². The molecule has 0 saturated carbocycles. The summed E-state index contributed by atoms with van der Waals surface area (Å²) in [5.74, 6) is 1.08. The summed E-state index contributed by atoms with van der Waals surface area (Å²) in [7, 11) is 2.03. The lowest BCUT2D eigenvalue weighted by Crippen LogP contribution is -2.31. The number of nitrogens with zero attached hydrogens (tertiary/aromatic N) is 2. The van der Waals surface area contributed by atoms with Crippen LogP contribution in [0.1, 0.15) is 24.7 Å². The molecule has 3 heteroatoms. The average Bonchev–Trinajstić information content (AvgIpc) is 2.81. The molecule has 0 aliphatic carbocycles. The molecule has 0 radical (unpaired) electrons.